The molecule has 0 radical (unpaired) electrons. The molecule has 0 aromatic heterocycles. The molecule has 4 aromatic carbocycles. The lowest BCUT2D eigenvalue weighted by Crippen LogP contribution is -1.99. The first-order valence-electron chi connectivity index (χ1n) is 9.84. The normalized spacial score (nSPS) is 10.5. The van der Waals surface area contributed by atoms with Gasteiger partial charge in [0.15, 0.2) is 0 Å². The first-order valence-corrected chi connectivity index (χ1v) is 9.84. The van der Waals surface area contributed by atoms with Gasteiger partial charge in [0.1, 0.15) is 18.1 Å². The Morgan fingerprint density at radius 1 is 0.774 bits per heavy atom. The number of methoxy groups -OCH3 is 1. The van der Waals surface area contributed by atoms with Crippen molar-refractivity contribution in [2.75, 3.05) is 7.11 Å². The summed E-state index contributed by atoms with van der Waals surface area (Å²) in [7, 11) is 1.58. The minimum atomic E-state index is -0.354. The second-order valence-corrected chi connectivity index (χ2v) is 6.99. The van der Waals surface area contributed by atoms with Crippen LogP contribution in [0.2, 0.25) is 0 Å². The molecule has 0 amide bonds. The number of hydrogen-bond donors (Lipinski definition) is 0. The van der Waals surface area contributed by atoms with E-state index in [9.17, 15) is 10.1 Å². The molecule has 0 heterocycles. The summed E-state index contributed by atoms with van der Waals surface area (Å²) >= 11 is 0. The van der Waals surface area contributed by atoms with E-state index in [4.69, 9.17) is 9.47 Å². The summed E-state index contributed by atoms with van der Waals surface area (Å²) in [5, 5.41) is 11.9. The Bertz CT molecular complexity index is 1190. The molecule has 0 bridgehead atoms. The maximum Gasteiger partial charge on any atom is 0.277 e. The van der Waals surface area contributed by atoms with Gasteiger partial charge >= 0.3 is 0 Å². The Hall–Kier alpha value is -4.12. The average molecular weight is 411 g/mol. The van der Waals surface area contributed by atoms with Crippen molar-refractivity contribution in [1.82, 2.24) is 0 Å². The van der Waals surface area contributed by atoms with Gasteiger partial charge in [0.2, 0.25) is 0 Å². The largest absolute Gasteiger partial charge is 0.497 e. The minimum Gasteiger partial charge on any atom is -0.497 e. The highest BCUT2D eigenvalue weighted by atomic mass is 16.6. The number of hydrogen-bond acceptors (Lipinski definition) is 4. The van der Waals surface area contributed by atoms with Gasteiger partial charge in [0.25, 0.3) is 5.69 Å². The molecule has 0 aliphatic rings. The van der Waals surface area contributed by atoms with Crippen molar-refractivity contribution in [2.45, 2.75) is 6.61 Å². The lowest BCUT2D eigenvalue weighted by atomic mass is 9.97. The molecule has 5 nitrogen and oxygen atoms in total. The number of rotatable bonds is 7. The van der Waals surface area contributed by atoms with Crippen LogP contribution in [0.1, 0.15) is 5.56 Å². The minimum absolute atomic E-state index is 0.0241. The Kier molecular flexibility index (Phi) is 5.94. The maximum absolute atomic E-state index is 11.9. The highest BCUT2D eigenvalue weighted by Crippen LogP contribution is 2.40. The monoisotopic (exact) mass is 411 g/mol. The summed E-state index contributed by atoms with van der Waals surface area (Å²) in [5.41, 5.74) is 3.88. The van der Waals surface area contributed by atoms with Crippen molar-refractivity contribution in [3.8, 4) is 33.8 Å². The molecule has 31 heavy (non-hydrogen) atoms. The number of nitro benzene ring substituents is 1. The fraction of sp³-hybridized carbons (Fsp3) is 0.0769. The highest BCUT2D eigenvalue weighted by Gasteiger charge is 2.20. The second-order valence-electron chi connectivity index (χ2n) is 6.99. The van der Waals surface area contributed by atoms with E-state index in [0.29, 0.717) is 29.2 Å². The van der Waals surface area contributed by atoms with E-state index in [-0.39, 0.29) is 10.6 Å². The first kappa shape index (κ1) is 20.2. The molecule has 0 saturated carbocycles. The molecule has 4 rings (SSSR count). The van der Waals surface area contributed by atoms with Crippen LogP contribution >= 0.6 is 0 Å². The van der Waals surface area contributed by atoms with Crippen LogP contribution in [0.3, 0.4) is 0 Å². The number of ether oxygens (including phenoxy) is 2. The van der Waals surface area contributed by atoms with E-state index < -0.39 is 0 Å². The third kappa shape index (κ3) is 4.56. The molecule has 0 aliphatic heterocycles. The average Bonchev–Trinajstić information content (AvgIpc) is 2.83. The van der Waals surface area contributed by atoms with Gasteiger partial charge < -0.3 is 9.47 Å². The lowest BCUT2D eigenvalue weighted by Gasteiger charge is -2.14. The van der Waals surface area contributed by atoms with Crippen molar-refractivity contribution in [2.24, 2.45) is 0 Å². The molecule has 0 aliphatic carbocycles. The van der Waals surface area contributed by atoms with Gasteiger partial charge in [-0.2, -0.15) is 0 Å². The summed E-state index contributed by atoms with van der Waals surface area (Å²) in [6.07, 6.45) is 0. The van der Waals surface area contributed by atoms with E-state index in [1.807, 2.05) is 66.7 Å². The fourth-order valence-corrected chi connectivity index (χ4v) is 3.43. The SMILES string of the molecule is COc1ccc(-c2ccc(-c3ccccc3)cc2[N+](=O)[O-])c(OCc2ccccc2)c1. The molecule has 154 valence electrons. The Morgan fingerprint density at radius 3 is 2.13 bits per heavy atom. The standard InChI is InChI=1S/C26H21NO4/c1-30-22-13-15-24(26(17-22)31-18-19-8-4-2-5-9-19)23-14-12-21(16-25(23)27(28)29)20-10-6-3-7-11-20/h2-17H,18H2,1H3. The number of benzene rings is 4. The van der Waals surface area contributed by atoms with E-state index >= 15 is 0 Å². The molecular weight excluding hydrogens is 390 g/mol. The molecule has 0 saturated heterocycles. The van der Waals surface area contributed by atoms with E-state index in [2.05, 4.69) is 0 Å². The van der Waals surface area contributed by atoms with E-state index in [1.54, 1.807) is 37.4 Å². The summed E-state index contributed by atoms with van der Waals surface area (Å²) in [6.45, 7) is 0.344. The lowest BCUT2D eigenvalue weighted by molar-refractivity contribution is -0.384. The molecule has 0 N–H and O–H groups in total. The van der Waals surface area contributed by atoms with Crippen molar-refractivity contribution in [3.05, 3.63) is 113 Å². The van der Waals surface area contributed by atoms with Crippen molar-refractivity contribution in [1.29, 1.82) is 0 Å². The molecular formula is C26H21NO4. The van der Waals surface area contributed by atoms with Crippen molar-refractivity contribution < 1.29 is 14.4 Å². The fourth-order valence-electron chi connectivity index (χ4n) is 3.43. The van der Waals surface area contributed by atoms with Crippen LogP contribution in [-0.2, 0) is 6.61 Å². The van der Waals surface area contributed by atoms with Gasteiger partial charge in [-0.25, -0.2) is 0 Å². The third-order valence-corrected chi connectivity index (χ3v) is 5.02. The summed E-state index contributed by atoms with van der Waals surface area (Å²) in [4.78, 5) is 11.6. The third-order valence-electron chi connectivity index (χ3n) is 5.02. The molecule has 5 heteroatoms. The van der Waals surface area contributed by atoms with Gasteiger partial charge in [-0.05, 0) is 34.9 Å². The summed E-state index contributed by atoms with van der Waals surface area (Å²) < 4.78 is 11.4. The van der Waals surface area contributed by atoms with Crippen LogP contribution in [0.4, 0.5) is 5.69 Å². The van der Waals surface area contributed by atoms with Crippen LogP contribution in [0.15, 0.2) is 97.1 Å². The smallest absolute Gasteiger partial charge is 0.277 e. The zero-order valence-corrected chi connectivity index (χ0v) is 17.0. The van der Waals surface area contributed by atoms with Crippen LogP contribution in [0.5, 0.6) is 11.5 Å². The molecule has 4 aromatic rings. The van der Waals surface area contributed by atoms with Gasteiger partial charge in [-0.3, -0.25) is 10.1 Å². The number of nitro groups is 1. The Balaban J connectivity index is 1.76. The Morgan fingerprint density at radius 2 is 1.45 bits per heavy atom. The molecule has 0 fully saturated rings. The van der Waals surface area contributed by atoms with Crippen LogP contribution in [-0.4, -0.2) is 12.0 Å². The molecule has 0 unspecified atom stereocenters. The number of nitrogens with zero attached hydrogens (tertiary/aromatic N) is 1. The van der Waals surface area contributed by atoms with Crippen LogP contribution in [0.25, 0.3) is 22.3 Å². The van der Waals surface area contributed by atoms with E-state index in [0.717, 1.165) is 16.7 Å². The summed E-state index contributed by atoms with van der Waals surface area (Å²) in [6, 6.07) is 30.0. The highest BCUT2D eigenvalue weighted by molar-refractivity contribution is 5.82. The van der Waals surface area contributed by atoms with Gasteiger partial charge in [0, 0.05) is 17.7 Å². The topological polar surface area (TPSA) is 61.6 Å². The predicted molar refractivity (Wildman–Crippen MR) is 121 cm³/mol. The quantitative estimate of drug-likeness (QED) is 0.257. The Labute approximate surface area is 180 Å². The van der Waals surface area contributed by atoms with Crippen LogP contribution < -0.4 is 9.47 Å². The zero-order chi connectivity index (χ0) is 21.6. The predicted octanol–water partition coefficient (Wildman–Crippen LogP) is 6.52. The second kappa shape index (κ2) is 9.13. The first-order chi connectivity index (χ1) is 15.2. The molecule has 0 spiro atoms. The van der Waals surface area contributed by atoms with Gasteiger partial charge in [-0.1, -0.05) is 66.7 Å². The zero-order valence-electron chi connectivity index (χ0n) is 17.0. The van der Waals surface area contributed by atoms with Gasteiger partial charge in [-0.15, -0.1) is 0 Å². The van der Waals surface area contributed by atoms with Gasteiger partial charge in [0.05, 0.1) is 17.6 Å². The summed E-state index contributed by atoms with van der Waals surface area (Å²) in [5.74, 6) is 1.15. The maximum atomic E-state index is 11.9. The van der Waals surface area contributed by atoms with E-state index in [1.165, 1.54) is 0 Å². The molecule has 0 atom stereocenters. The van der Waals surface area contributed by atoms with Crippen LogP contribution in [0, 0.1) is 10.1 Å². The van der Waals surface area contributed by atoms with Crippen molar-refractivity contribution in [3.63, 3.8) is 0 Å². The van der Waals surface area contributed by atoms with Crippen molar-refractivity contribution >= 4 is 5.69 Å².